The smallest absolute Gasteiger partial charge is 0.281 e. The lowest BCUT2D eigenvalue weighted by molar-refractivity contribution is 0.598. The van der Waals surface area contributed by atoms with E-state index < -0.39 is 15.8 Å². The molecule has 8 heteroatoms. The molecular formula is C12H9FN4O2S. The molecule has 0 radical (unpaired) electrons. The molecule has 0 amide bonds. The van der Waals surface area contributed by atoms with Crippen LogP contribution in [0.1, 0.15) is 5.56 Å². The van der Waals surface area contributed by atoms with Crippen LogP contribution in [0.4, 0.5) is 15.8 Å². The first-order valence-corrected chi connectivity index (χ1v) is 6.85. The number of nitrogens with two attached hydrogens (primary N) is 1. The first-order valence-electron chi connectivity index (χ1n) is 5.37. The van der Waals surface area contributed by atoms with Crippen molar-refractivity contribution in [2.75, 3.05) is 10.5 Å². The van der Waals surface area contributed by atoms with Gasteiger partial charge in [0, 0.05) is 6.20 Å². The number of rotatable bonds is 3. The quantitative estimate of drug-likeness (QED) is 0.890. The van der Waals surface area contributed by atoms with Crippen LogP contribution in [0.5, 0.6) is 0 Å². The van der Waals surface area contributed by atoms with Gasteiger partial charge < -0.3 is 5.73 Å². The van der Waals surface area contributed by atoms with E-state index in [4.69, 9.17) is 11.0 Å². The summed E-state index contributed by atoms with van der Waals surface area (Å²) in [4.78, 5) is 3.69. The average molecular weight is 292 g/mol. The number of nitrogens with one attached hydrogen (secondary N) is 1. The highest BCUT2D eigenvalue weighted by atomic mass is 32.2. The molecule has 1 aromatic heterocycles. The molecule has 1 aromatic carbocycles. The Hall–Kier alpha value is -2.66. The van der Waals surface area contributed by atoms with Gasteiger partial charge in [-0.25, -0.2) is 9.37 Å². The van der Waals surface area contributed by atoms with Crippen LogP contribution in [0.2, 0.25) is 0 Å². The van der Waals surface area contributed by atoms with E-state index in [-0.39, 0.29) is 22.0 Å². The maximum absolute atomic E-state index is 13.0. The number of hydrogen-bond acceptors (Lipinski definition) is 5. The SMILES string of the molecule is N#Cc1cc(F)ccc1NS(=O)(=O)c1ncccc1N. The van der Waals surface area contributed by atoms with Gasteiger partial charge in [-0.2, -0.15) is 13.7 Å². The van der Waals surface area contributed by atoms with Gasteiger partial charge in [0.1, 0.15) is 11.9 Å². The number of nitrogens with zero attached hydrogens (tertiary/aromatic N) is 2. The minimum absolute atomic E-state index is 0.0272. The molecule has 0 spiro atoms. The van der Waals surface area contributed by atoms with Crippen LogP contribution in [-0.4, -0.2) is 13.4 Å². The summed E-state index contributed by atoms with van der Waals surface area (Å²) in [5.41, 5.74) is 5.34. The zero-order chi connectivity index (χ0) is 14.8. The molecule has 2 rings (SSSR count). The van der Waals surface area contributed by atoms with Crippen molar-refractivity contribution in [1.29, 1.82) is 5.26 Å². The standard InChI is InChI=1S/C12H9FN4O2S/c13-9-3-4-11(8(6-9)7-14)17-20(18,19)12-10(15)2-1-5-16-12/h1-6,17H,15H2. The summed E-state index contributed by atoms with van der Waals surface area (Å²) in [6, 6.07) is 7.72. The van der Waals surface area contributed by atoms with E-state index in [2.05, 4.69) is 9.71 Å². The molecule has 0 aliphatic carbocycles. The maximum Gasteiger partial charge on any atom is 0.281 e. The largest absolute Gasteiger partial charge is 0.396 e. The number of hydrogen-bond donors (Lipinski definition) is 2. The third-order valence-electron chi connectivity index (χ3n) is 2.40. The topological polar surface area (TPSA) is 109 Å². The Kier molecular flexibility index (Phi) is 3.54. The van der Waals surface area contributed by atoms with Crippen LogP contribution in [0.15, 0.2) is 41.6 Å². The molecule has 20 heavy (non-hydrogen) atoms. The highest BCUT2D eigenvalue weighted by Crippen LogP contribution is 2.22. The second-order valence-corrected chi connectivity index (χ2v) is 5.40. The fourth-order valence-electron chi connectivity index (χ4n) is 1.52. The molecule has 0 saturated carbocycles. The molecule has 102 valence electrons. The van der Waals surface area contributed by atoms with Crippen molar-refractivity contribution in [3.05, 3.63) is 47.9 Å². The zero-order valence-electron chi connectivity index (χ0n) is 10.0. The molecular weight excluding hydrogens is 283 g/mol. The molecule has 0 atom stereocenters. The first kappa shape index (κ1) is 13.8. The van der Waals surface area contributed by atoms with E-state index in [1.165, 1.54) is 18.3 Å². The lowest BCUT2D eigenvalue weighted by Crippen LogP contribution is -2.17. The summed E-state index contributed by atoms with van der Waals surface area (Å²) < 4.78 is 39.4. The number of sulfonamides is 1. The van der Waals surface area contributed by atoms with Crippen molar-refractivity contribution in [3.63, 3.8) is 0 Å². The lowest BCUT2D eigenvalue weighted by atomic mass is 10.2. The van der Waals surface area contributed by atoms with Crippen LogP contribution in [0, 0.1) is 17.1 Å². The fourth-order valence-corrected chi connectivity index (χ4v) is 2.66. The average Bonchev–Trinajstić information content (AvgIpc) is 2.41. The van der Waals surface area contributed by atoms with Gasteiger partial charge in [0.2, 0.25) is 0 Å². The van der Waals surface area contributed by atoms with E-state index in [9.17, 15) is 12.8 Å². The number of pyridine rings is 1. The van der Waals surface area contributed by atoms with Crippen LogP contribution in [0.25, 0.3) is 0 Å². The van der Waals surface area contributed by atoms with Crippen molar-refractivity contribution in [1.82, 2.24) is 4.98 Å². The van der Waals surface area contributed by atoms with E-state index >= 15 is 0 Å². The molecule has 0 fully saturated rings. The van der Waals surface area contributed by atoms with Gasteiger partial charge in [-0.05, 0) is 30.3 Å². The molecule has 3 N–H and O–H groups in total. The van der Waals surface area contributed by atoms with Gasteiger partial charge in [-0.3, -0.25) is 4.72 Å². The van der Waals surface area contributed by atoms with Crippen molar-refractivity contribution >= 4 is 21.4 Å². The second-order valence-electron chi connectivity index (χ2n) is 3.80. The minimum Gasteiger partial charge on any atom is -0.396 e. The molecule has 1 heterocycles. The predicted octanol–water partition coefficient (Wildman–Crippen LogP) is 1.48. The maximum atomic E-state index is 13.0. The Balaban J connectivity index is 2.45. The number of nitriles is 1. The van der Waals surface area contributed by atoms with E-state index in [0.29, 0.717) is 0 Å². The molecule has 0 saturated heterocycles. The van der Waals surface area contributed by atoms with Crippen molar-refractivity contribution in [2.24, 2.45) is 0 Å². The van der Waals surface area contributed by atoms with Gasteiger partial charge in [-0.1, -0.05) is 0 Å². The van der Waals surface area contributed by atoms with Crippen molar-refractivity contribution < 1.29 is 12.8 Å². The summed E-state index contributed by atoms with van der Waals surface area (Å²) in [7, 11) is -4.05. The van der Waals surface area contributed by atoms with Gasteiger partial charge in [0.25, 0.3) is 10.0 Å². The number of halogens is 1. The lowest BCUT2D eigenvalue weighted by Gasteiger charge is -2.10. The van der Waals surface area contributed by atoms with Crippen LogP contribution < -0.4 is 10.5 Å². The summed E-state index contributed by atoms with van der Waals surface area (Å²) in [5, 5.41) is 8.52. The van der Waals surface area contributed by atoms with Gasteiger partial charge in [0.05, 0.1) is 16.9 Å². The first-order chi connectivity index (χ1) is 9.44. The summed E-state index contributed by atoms with van der Waals surface area (Å²) in [5.74, 6) is -0.637. The van der Waals surface area contributed by atoms with Gasteiger partial charge >= 0.3 is 0 Å². The molecule has 2 aromatic rings. The van der Waals surface area contributed by atoms with Crippen LogP contribution >= 0.6 is 0 Å². The summed E-state index contributed by atoms with van der Waals surface area (Å²) in [6.45, 7) is 0. The predicted molar refractivity (Wildman–Crippen MR) is 70.6 cm³/mol. The Morgan fingerprint density at radius 3 is 2.75 bits per heavy atom. The highest BCUT2D eigenvalue weighted by molar-refractivity contribution is 7.92. The highest BCUT2D eigenvalue weighted by Gasteiger charge is 2.20. The summed E-state index contributed by atoms with van der Waals surface area (Å²) in [6.07, 6.45) is 1.28. The zero-order valence-corrected chi connectivity index (χ0v) is 10.9. The number of nitrogen functional groups attached to an aromatic ring is 1. The monoisotopic (exact) mass is 292 g/mol. The molecule has 6 nitrogen and oxygen atoms in total. The Bertz CT molecular complexity index is 799. The summed E-state index contributed by atoms with van der Waals surface area (Å²) >= 11 is 0. The van der Waals surface area contributed by atoms with E-state index in [1.807, 2.05) is 0 Å². The van der Waals surface area contributed by atoms with E-state index in [0.717, 1.165) is 18.2 Å². The van der Waals surface area contributed by atoms with Crippen LogP contribution in [0.3, 0.4) is 0 Å². The molecule has 0 aliphatic heterocycles. The number of aromatic nitrogens is 1. The van der Waals surface area contributed by atoms with Crippen molar-refractivity contribution in [2.45, 2.75) is 5.03 Å². The number of benzene rings is 1. The normalized spacial score (nSPS) is 10.8. The second kappa shape index (κ2) is 5.14. The molecule has 0 aliphatic rings. The molecule has 0 unspecified atom stereocenters. The Labute approximate surface area is 114 Å². The Morgan fingerprint density at radius 2 is 2.10 bits per heavy atom. The van der Waals surface area contributed by atoms with E-state index in [1.54, 1.807) is 6.07 Å². The third-order valence-corrected chi connectivity index (χ3v) is 3.74. The Morgan fingerprint density at radius 1 is 1.35 bits per heavy atom. The van der Waals surface area contributed by atoms with Gasteiger partial charge in [0.15, 0.2) is 5.03 Å². The van der Waals surface area contributed by atoms with Crippen molar-refractivity contribution in [3.8, 4) is 6.07 Å². The minimum atomic E-state index is -4.05. The number of anilines is 2. The van der Waals surface area contributed by atoms with Gasteiger partial charge in [-0.15, -0.1) is 0 Å². The van der Waals surface area contributed by atoms with Crippen LogP contribution in [-0.2, 0) is 10.0 Å². The third kappa shape index (κ3) is 2.67. The fraction of sp³-hybridized carbons (Fsp3) is 0. The molecule has 0 bridgehead atoms.